The third kappa shape index (κ3) is 6.59. The van der Waals surface area contributed by atoms with Crippen molar-refractivity contribution in [2.75, 3.05) is 39.8 Å². The Morgan fingerprint density at radius 1 is 1.24 bits per heavy atom. The van der Waals surface area contributed by atoms with Crippen molar-refractivity contribution < 1.29 is 9.53 Å². The van der Waals surface area contributed by atoms with E-state index in [1.807, 2.05) is 23.1 Å². The Morgan fingerprint density at radius 2 is 1.84 bits per heavy atom. The Labute approximate surface area is 167 Å². The number of carbonyl (C=O) groups excluding carboxylic acids is 1. The van der Waals surface area contributed by atoms with Crippen molar-refractivity contribution in [3.8, 4) is 0 Å². The van der Waals surface area contributed by atoms with E-state index in [2.05, 4.69) is 17.9 Å². The Kier molecular flexibility index (Phi) is 11.7. The van der Waals surface area contributed by atoms with Crippen molar-refractivity contribution in [2.45, 2.75) is 25.5 Å². The number of piperazine rings is 1. The van der Waals surface area contributed by atoms with Gasteiger partial charge in [0, 0.05) is 50.9 Å². The fraction of sp³-hybridized carbons (Fsp3) is 0.588. The lowest BCUT2D eigenvalue weighted by atomic mass is 10.1. The number of hydrogen-bond donors (Lipinski definition) is 1. The molecule has 1 aliphatic rings. The summed E-state index contributed by atoms with van der Waals surface area (Å²) < 4.78 is 5.19. The normalized spacial score (nSPS) is 17.2. The first-order valence-electron chi connectivity index (χ1n) is 8.06. The van der Waals surface area contributed by atoms with Gasteiger partial charge in [-0.1, -0.05) is 29.8 Å². The molecular formula is C17H28Cl3N3O2. The molecular weight excluding hydrogens is 385 g/mol. The lowest BCUT2D eigenvalue weighted by Gasteiger charge is -2.38. The zero-order valence-corrected chi connectivity index (χ0v) is 17.1. The molecule has 0 aromatic heterocycles. The van der Waals surface area contributed by atoms with E-state index in [4.69, 9.17) is 22.1 Å². The van der Waals surface area contributed by atoms with E-state index in [9.17, 15) is 4.79 Å². The molecule has 0 aliphatic carbocycles. The fourth-order valence-electron chi connectivity index (χ4n) is 2.96. The van der Waals surface area contributed by atoms with Crippen LogP contribution in [0.1, 0.15) is 24.9 Å². The molecule has 1 fully saturated rings. The van der Waals surface area contributed by atoms with E-state index < -0.39 is 0 Å². The highest BCUT2D eigenvalue weighted by molar-refractivity contribution is 6.31. The number of ether oxygens (including phenoxy) is 1. The van der Waals surface area contributed by atoms with Crippen LogP contribution >= 0.6 is 36.4 Å². The van der Waals surface area contributed by atoms with Crippen LogP contribution in [0.5, 0.6) is 0 Å². The molecule has 5 nitrogen and oxygen atoms in total. The quantitative estimate of drug-likeness (QED) is 0.780. The minimum Gasteiger partial charge on any atom is -0.380 e. The summed E-state index contributed by atoms with van der Waals surface area (Å²) >= 11 is 6.29. The predicted octanol–water partition coefficient (Wildman–Crippen LogP) is 2.75. The largest absolute Gasteiger partial charge is 0.380 e. The molecule has 2 N–H and O–H groups in total. The number of halogens is 3. The van der Waals surface area contributed by atoms with Gasteiger partial charge >= 0.3 is 0 Å². The van der Waals surface area contributed by atoms with Gasteiger partial charge in [0.1, 0.15) is 0 Å². The molecule has 1 aliphatic heterocycles. The Hall–Kier alpha value is -0.560. The number of benzene rings is 1. The van der Waals surface area contributed by atoms with Crippen molar-refractivity contribution in [1.29, 1.82) is 0 Å². The molecule has 1 heterocycles. The number of methoxy groups -OCH3 is 1. The van der Waals surface area contributed by atoms with Gasteiger partial charge in [-0.15, -0.1) is 24.8 Å². The molecule has 1 amide bonds. The van der Waals surface area contributed by atoms with E-state index in [-0.39, 0.29) is 42.9 Å². The van der Waals surface area contributed by atoms with E-state index in [0.717, 1.165) is 36.8 Å². The van der Waals surface area contributed by atoms with Crippen LogP contribution in [0.3, 0.4) is 0 Å². The van der Waals surface area contributed by atoms with Crippen LogP contribution in [-0.4, -0.2) is 61.6 Å². The monoisotopic (exact) mass is 411 g/mol. The fourth-order valence-corrected chi connectivity index (χ4v) is 3.25. The average Bonchev–Trinajstić information content (AvgIpc) is 2.59. The van der Waals surface area contributed by atoms with Gasteiger partial charge in [-0.05, 0) is 18.6 Å². The van der Waals surface area contributed by atoms with Gasteiger partial charge < -0.3 is 15.4 Å². The zero-order chi connectivity index (χ0) is 16.8. The summed E-state index contributed by atoms with van der Waals surface area (Å²) in [7, 11) is 1.59. The summed E-state index contributed by atoms with van der Waals surface area (Å²) in [5, 5.41) is 0.796. The second-order valence-corrected chi connectivity index (χ2v) is 6.32. The molecule has 144 valence electrons. The summed E-state index contributed by atoms with van der Waals surface area (Å²) in [5.41, 5.74) is 6.72. The third-order valence-corrected chi connectivity index (χ3v) is 4.91. The highest BCUT2D eigenvalue weighted by Crippen LogP contribution is 2.27. The molecule has 1 aromatic rings. The second-order valence-electron chi connectivity index (χ2n) is 5.91. The van der Waals surface area contributed by atoms with Crippen LogP contribution in [0.15, 0.2) is 24.3 Å². The summed E-state index contributed by atoms with van der Waals surface area (Å²) in [5.74, 6) is 0.118. The first kappa shape index (κ1) is 24.4. The summed E-state index contributed by atoms with van der Waals surface area (Å²) in [6, 6.07) is 8.19. The molecule has 1 saturated heterocycles. The number of hydrogen-bond acceptors (Lipinski definition) is 4. The minimum absolute atomic E-state index is 0. The Balaban J connectivity index is 0.00000288. The molecule has 2 rings (SSSR count). The van der Waals surface area contributed by atoms with Gasteiger partial charge in [-0.25, -0.2) is 0 Å². The number of carbonyl (C=O) groups is 1. The van der Waals surface area contributed by atoms with Gasteiger partial charge in [0.05, 0.1) is 12.5 Å². The van der Waals surface area contributed by atoms with Crippen molar-refractivity contribution in [1.82, 2.24) is 9.80 Å². The third-order valence-electron chi connectivity index (χ3n) is 4.57. The zero-order valence-electron chi connectivity index (χ0n) is 14.7. The van der Waals surface area contributed by atoms with Crippen molar-refractivity contribution in [3.63, 3.8) is 0 Å². The molecule has 0 spiro atoms. The lowest BCUT2D eigenvalue weighted by Crippen LogP contribution is -2.50. The lowest BCUT2D eigenvalue weighted by molar-refractivity contribution is -0.135. The van der Waals surface area contributed by atoms with Crippen LogP contribution in [0.25, 0.3) is 0 Å². The Bertz CT molecular complexity index is 522. The maximum absolute atomic E-state index is 12.3. The molecule has 25 heavy (non-hydrogen) atoms. The molecule has 0 saturated carbocycles. The average molecular weight is 413 g/mol. The Morgan fingerprint density at radius 3 is 2.36 bits per heavy atom. The standard InChI is InChI=1S/C17H26ClN3O2.2ClH/c1-13(15-5-3-4-6-16(15)18)20-7-9-21(10-8-20)17(22)11-14(12-19)23-2;;/h3-6,13-14H,7-12,19H2,1-2H3;2*1H. The molecule has 1 aromatic carbocycles. The van der Waals surface area contributed by atoms with E-state index >= 15 is 0 Å². The molecule has 2 atom stereocenters. The summed E-state index contributed by atoms with van der Waals surface area (Å²) in [6.45, 7) is 5.68. The summed E-state index contributed by atoms with van der Waals surface area (Å²) in [4.78, 5) is 16.5. The number of rotatable bonds is 6. The van der Waals surface area contributed by atoms with Gasteiger partial charge in [-0.3, -0.25) is 9.69 Å². The highest BCUT2D eigenvalue weighted by Gasteiger charge is 2.26. The maximum Gasteiger partial charge on any atom is 0.225 e. The summed E-state index contributed by atoms with van der Waals surface area (Å²) in [6.07, 6.45) is 0.162. The molecule has 2 unspecified atom stereocenters. The molecule has 8 heteroatoms. The number of nitrogens with zero attached hydrogens (tertiary/aromatic N) is 2. The number of nitrogens with two attached hydrogens (primary N) is 1. The SMILES string of the molecule is COC(CN)CC(=O)N1CCN(C(C)c2ccccc2Cl)CC1.Cl.Cl. The topological polar surface area (TPSA) is 58.8 Å². The van der Waals surface area contributed by atoms with Crippen LogP contribution in [0.4, 0.5) is 0 Å². The smallest absolute Gasteiger partial charge is 0.225 e. The molecule has 0 bridgehead atoms. The second kappa shape index (κ2) is 11.9. The van der Waals surface area contributed by atoms with Crippen LogP contribution < -0.4 is 5.73 Å². The minimum atomic E-state index is -0.192. The number of amides is 1. The van der Waals surface area contributed by atoms with Gasteiger partial charge in [0.15, 0.2) is 0 Å². The van der Waals surface area contributed by atoms with Gasteiger partial charge in [0.2, 0.25) is 5.91 Å². The van der Waals surface area contributed by atoms with E-state index in [0.29, 0.717) is 13.0 Å². The van der Waals surface area contributed by atoms with Gasteiger partial charge in [0.25, 0.3) is 0 Å². The van der Waals surface area contributed by atoms with Crippen molar-refractivity contribution in [2.24, 2.45) is 5.73 Å². The predicted molar refractivity (Wildman–Crippen MR) is 107 cm³/mol. The van der Waals surface area contributed by atoms with E-state index in [1.165, 1.54) is 0 Å². The van der Waals surface area contributed by atoms with E-state index in [1.54, 1.807) is 7.11 Å². The van der Waals surface area contributed by atoms with Crippen LogP contribution in [0, 0.1) is 0 Å². The molecule has 0 radical (unpaired) electrons. The van der Waals surface area contributed by atoms with Crippen LogP contribution in [-0.2, 0) is 9.53 Å². The first-order chi connectivity index (χ1) is 11.1. The van der Waals surface area contributed by atoms with Crippen molar-refractivity contribution >= 4 is 42.3 Å². The van der Waals surface area contributed by atoms with Crippen LogP contribution in [0.2, 0.25) is 5.02 Å². The highest BCUT2D eigenvalue weighted by atomic mass is 35.5. The van der Waals surface area contributed by atoms with Crippen molar-refractivity contribution in [3.05, 3.63) is 34.9 Å². The maximum atomic E-state index is 12.3. The van der Waals surface area contributed by atoms with Gasteiger partial charge in [-0.2, -0.15) is 0 Å². The first-order valence-corrected chi connectivity index (χ1v) is 8.43.